The lowest BCUT2D eigenvalue weighted by atomic mass is 9.99. The van der Waals surface area contributed by atoms with E-state index in [1.165, 1.54) is 0 Å². The maximum Gasteiger partial charge on any atom is 0.233 e. The third kappa shape index (κ3) is 5.06. The highest BCUT2D eigenvalue weighted by atomic mass is 16.5. The second-order valence-corrected chi connectivity index (χ2v) is 10.2. The number of carbonyl (C=O) groups excluding carboxylic acids is 2. The van der Waals surface area contributed by atoms with Gasteiger partial charge in [-0.2, -0.15) is 0 Å². The van der Waals surface area contributed by atoms with Crippen LogP contribution in [0.25, 0.3) is 11.0 Å². The van der Waals surface area contributed by atoms with Gasteiger partial charge in [-0.05, 0) is 57.3 Å². The van der Waals surface area contributed by atoms with E-state index in [1.54, 1.807) is 0 Å². The number of aromatic nitrogens is 2. The highest BCUT2D eigenvalue weighted by molar-refractivity contribution is 5.81. The predicted octanol–water partition coefficient (Wildman–Crippen LogP) is 3.31. The first-order valence-corrected chi connectivity index (χ1v) is 12.2. The fourth-order valence-corrected chi connectivity index (χ4v) is 5.19. The third-order valence-corrected chi connectivity index (χ3v) is 7.29. The Kier molecular flexibility index (Phi) is 7.05. The van der Waals surface area contributed by atoms with E-state index >= 15 is 0 Å². The summed E-state index contributed by atoms with van der Waals surface area (Å²) in [6, 6.07) is 8.10. The van der Waals surface area contributed by atoms with E-state index in [2.05, 4.69) is 36.6 Å². The van der Waals surface area contributed by atoms with E-state index in [-0.39, 0.29) is 23.9 Å². The number of para-hydroxylation sites is 2. The van der Waals surface area contributed by atoms with E-state index in [4.69, 9.17) is 4.98 Å². The topological polar surface area (TPSA) is 81.9 Å². The molecule has 2 fully saturated rings. The number of nitrogens with zero attached hydrogens (tertiary/aromatic N) is 5. The van der Waals surface area contributed by atoms with Gasteiger partial charge in [0, 0.05) is 19.6 Å². The standard InChI is InChI=1S/C25H37N5O3/c1-4-5-8-19(16-28(33)18-31)24(32)30-17-25(11-12-25)15-22(30)23-26-20-9-6-7-10-21(20)29(23)14-13-27(2)3/h6-7,9-10,18-19,22,33H,4-5,8,11-17H2,1-3H3/t19-,22+/m1/s1. The van der Waals surface area contributed by atoms with Gasteiger partial charge in [-0.25, -0.2) is 10.0 Å². The number of benzene rings is 1. The summed E-state index contributed by atoms with van der Waals surface area (Å²) in [6.45, 7) is 4.56. The molecule has 180 valence electrons. The smallest absolute Gasteiger partial charge is 0.233 e. The first kappa shape index (κ1) is 23.7. The normalized spacial score (nSPS) is 20.0. The van der Waals surface area contributed by atoms with Gasteiger partial charge in [0.1, 0.15) is 5.82 Å². The molecule has 8 heteroatoms. The van der Waals surface area contributed by atoms with Gasteiger partial charge in [0.25, 0.3) is 0 Å². The largest absolute Gasteiger partial charge is 0.332 e. The van der Waals surface area contributed by atoms with E-state index in [0.29, 0.717) is 17.9 Å². The monoisotopic (exact) mass is 455 g/mol. The molecule has 33 heavy (non-hydrogen) atoms. The van der Waals surface area contributed by atoms with Crippen LogP contribution in [0.2, 0.25) is 0 Å². The SMILES string of the molecule is CCCC[C@H](CN(O)C=O)C(=O)N1CC2(CC2)C[C@H]1c1nc2ccccc2n1CCN(C)C. The van der Waals surface area contributed by atoms with Crippen molar-refractivity contribution in [1.29, 1.82) is 0 Å². The minimum atomic E-state index is -0.406. The zero-order valence-corrected chi connectivity index (χ0v) is 20.1. The summed E-state index contributed by atoms with van der Waals surface area (Å²) in [7, 11) is 4.13. The molecule has 4 rings (SSSR count). The Labute approximate surface area is 196 Å². The van der Waals surface area contributed by atoms with Crippen molar-refractivity contribution in [2.45, 2.75) is 58.0 Å². The van der Waals surface area contributed by atoms with Crippen molar-refractivity contribution in [2.24, 2.45) is 11.3 Å². The molecule has 1 aromatic heterocycles. The zero-order chi connectivity index (χ0) is 23.6. The number of likely N-dealkylation sites (N-methyl/N-ethyl adjacent to an activating group) is 1. The van der Waals surface area contributed by atoms with Crippen LogP contribution in [0.5, 0.6) is 0 Å². The van der Waals surface area contributed by atoms with Crippen LogP contribution in [-0.2, 0) is 16.1 Å². The number of hydrogen-bond donors (Lipinski definition) is 1. The molecule has 1 N–H and O–H groups in total. The molecular formula is C25H37N5O3. The van der Waals surface area contributed by atoms with E-state index in [0.717, 1.165) is 68.6 Å². The molecule has 1 saturated heterocycles. The molecule has 2 aromatic rings. The molecule has 0 bridgehead atoms. The van der Waals surface area contributed by atoms with Gasteiger partial charge >= 0.3 is 0 Å². The summed E-state index contributed by atoms with van der Waals surface area (Å²) in [5.41, 5.74) is 2.26. The molecule has 8 nitrogen and oxygen atoms in total. The van der Waals surface area contributed by atoms with E-state index < -0.39 is 5.92 Å². The second kappa shape index (κ2) is 9.81. The van der Waals surface area contributed by atoms with E-state index in [9.17, 15) is 14.8 Å². The van der Waals surface area contributed by atoms with Crippen LogP contribution in [0.1, 0.15) is 57.3 Å². The van der Waals surface area contributed by atoms with Crippen LogP contribution in [0.3, 0.4) is 0 Å². The molecule has 1 aliphatic heterocycles. The van der Waals surface area contributed by atoms with Crippen molar-refractivity contribution in [2.75, 3.05) is 33.7 Å². The first-order chi connectivity index (χ1) is 15.9. The summed E-state index contributed by atoms with van der Waals surface area (Å²) in [5.74, 6) is 0.584. The van der Waals surface area contributed by atoms with Gasteiger partial charge in [-0.15, -0.1) is 0 Å². The summed E-state index contributed by atoms with van der Waals surface area (Å²) < 4.78 is 2.28. The predicted molar refractivity (Wildman–Crippen MR) is 127 cm³/mol. The molecule has 1 spiro atoms. The number of hydrogen-bond acceptors (Lipinski definition) is 5. The number of hydroxylamine groups is 2. The van der Waals surface area contributed by atoms with Crippen LogP contribution < -0.4 is 0 Å². The van der Waals surface area contributed by atoms with Gasteiger partial charge in [0.05, 0.1) is 29.5 Å². The van der Waals surface area contributed by atoms with Crippen LogP contribution in [0, 0.1) is 11.3 Å². The second-order valence-electron chi connectivity index (χ2n) is 10.2. The number of amides is 2. The molecule has 2 amide bonds. The quantitative estimate of drug-likeness (QED) is 0.319. The van der Waals surface area contributed by atoms with Crippen LogP contribution in [-0.4, -0.2) is 75.7 Å². The van der Waals surface area contributed by atoms with Gasteiger partial charge in [0.15, 0.2) is 0 Å². The van der Waals surface area contributed by atoms with Crippen molar-refractivity contribution < 1.29 is 14.8 Å². The van der Waals surface area contributed by atoms with Crippen LogP contribution >= 0.6 is 0 Å². The van der Waals surface area contributed by atoms with Crippen LogP contribution in [0.15, 0.2) is 24.3 Å². The molecule has 1 aromatic carbocycles. The molecular weight excluding hydrogens is 418 g/mol. The molecule has 0 radical (unpaired) electrons. The lowest BCUT2D eigenvalue weighted by Gasteiger charge is -2.30. The molecule has 2 heterocycles. The van der Waals surface area contributed by atoms with Crippen molar-refractivity contribution in [3.05, 3.63) is 30.1 Å². The van der Waals surface area contributed by atoms with Crippen molar-refractivity contribution >= 4 is 23.4 Å². The van der Waals surface area contributed by atoms with Crippen molar-refractivity contribution in [1.82, 2.24) is 24.4 Å². The number of fused-ring (bicyclic) bond motifs is 1. The Hall–Kier alpha value is -2.45. The van der Waals surface area contributed by atoms with Gasteiger partial charge < -0.3 is 14.4 Å². The van der Waals surface area contributed by atoms with E-state index in [1.807, 2.05) is 23.1 Å². The summed E-state index contributed by atoms with van der Waals surface area (Å²) in [6.07, 6.45) is 6.11. The van der Waals surface area contributed by atoms with Gasteiger partial charge in [-0.1, -0.05) is 31.9 Å². The fourth-order valence-electron chi connectivity index (χ4n) is 5.19. The number of rotatable bonds is 11. The number of unbranched alkanes of at least 4 members (excludes halogenated alkanes) is 1. The molecule has 0 unspecified atom stereocenters. The Morgan fingerprint density at radius 3 is 2.76 bits per heavy atom. The van der Waals surface area contributed by atoms with Crippen LogP contribution in [0.4, 0.5) is 0 Å². The Bertz CT molecular complexity index is 984. The maximum atomic E-state index is 13.8. The van der Waals surface area contributed by atoms with Crippen molar-refractivity contribution in [3.63, 3.8) is 0 Å². The Balaban J connectivity index is 1.68. The molecule has 2 atom stereocenters. The first-order valence-electron chi connectivity index (χ1n) is 12.2. The lowest BCUT2D eigenvalue weighted by molar-refractivity contribution is -0.157. The minimum absolute atomic E-state index is 0.0318. The van der Waals surface area contributed by atoms with Gasteiger partial charge in [0.2, 0.25) is 12.3 Å². The summed E-state index contributed by atoms with van der Waals surface area (Å²) in [4.78, 5) is 34.1. The lowest BCUT2D eigenvalue weighted by Crippen LogP contribution is -2.41. The summed E-state index contributed by atoms with van der Waals surface area (Å²) in [5, 5.41) is 10.5. The highest BCUT2D eigenvalue weighted by Crippen LogP contribution is 2.58. The average Bonchev–Trinajstić information content (AvgIpc) is 3.30. The zero-order valence-electron chi connectivity index (χ0n) is 20.1. The molecule has 1 aliphatic carbocycles. The Morgan fingerprint density at radius 1 is 1.33 bits per heavy atom. The highest BCUT2D eigenvalue weighted by Gasteiger charge is 2.55. The summed E-state index contributed by atoms with van der Waals surface area (Å²) >= 11 is 0. The minimum Gasteiger partial charge on any atom is -0.332 e. The van der Waals surface area contributed by atoms with Crippen molar-refractivity contribution in [3.8, 4) is 0 Å². The van der Waals surface area contributed by atoms with Gasteiger partial charge in [-0.3, -0.25) is 14.8 Å². The number of imidazole rings is 1. The molecule has 2 aliphatic rings. The number of likely N-dealkylation sites (tertiary alicyclic amines) is 1. The maximum absolute atomic E-state index is 13.8. The molecule has 1 saturated carbocycles. The fraction of sp³-hybridized carbons (Fsp3) is 0.640. The average molecular weight is 456 g/mol. The Morgan fingerprint density at radius 2 is 2.09 bits per heavy atom. The third-order valence-electron chi connectivity index (χ3n) is 7.29. The number of carbonyl (C=O) groups is 2.